The molecule has 3 N–H and O–H groups in total. The fraction of sp³-hybridized carbons (Fsp3) is 0.316. The molecule has 0 bridgehead atoms. The van der Waals surface area contributed by atoms with Crippen LogP contribution in [0.1, 0.15) is 43.0 Å². The number of hydrogen-bond donors (Lipinski definition) is 3. The molecule has 1 heterocycles. The Morgan fingerprint density at radius 3 is 2.11 bits per heavy atom. The van der Waals surface area contributed by atoms with Crippen LogP contribution in [-0.2, 0) is 22.4 Å². The number of carboxylic acids is 1. The molecule has 6 nitrogen and oxygen atoms in total. The summed E-state index contributed by atoms with van der Waals surface area (Å²) < 4.78 is 0. The topological polar surface area (TPSA) is 89.9 Å². The van der Waals surface area contributed by atoms with Gasteiger partial charge in [0, 0.05) is 19.0 Å². The molecule has 0 aliphatic carbocycles. The number of aliphatic carboxylic acids is 1. The quantitative estimate of drug-likeness (QED) is 0.180. The maximum Gasteiger partial charge on any atom is 0.326 e. The second-order valence-electron chi connectivity index (χ2n) is 12.2. The molecule has 1 saturated heterocycles. The van der Waals surface area contributed by atoms with Gasteiger partial charge in [0.2, 0.25) is 5.91 Å². The normalized spacial score (nSPS) is 20.0. The maximum absolute atomic E-state index is 14.0. The summed E-state index contributed by atoms with van der Waals surface area (Å²) in [5.74, 6) is -0.737. The largest absolute Gasteiger partial charge is 0.508 e. The number of nitrogens with one attached hydrogen (secondary N) is 1. The molecule has 1 fully saturated rings. The lowest BCUT2D eigenvalue weighted by molar-refractivity contribution is -0.142. The van der Waals surface area contributed by atoms with Crippen LogP contribution >= 0.6 is 0 Å². The van der Waals surface area contributed by atoms with Crippen molar-refractivity contribution in [3.63, 3.8) is 0 Å². The number of nitrogens with zero attached hydrogens (tertiary/aromatic N) is 1. The highest BCUT2D eigenvalue weighted by Gasteiger charge is 2.37. The zero-order valence-electron chi connectivity index (χ0n) is 25.5. The van der Waals surface area contributed by atoms with Gasteiger partial charge in [-0.1, -0.05) is 111 Å². The van der Waals surface area contributed by atoms with Crippen LogP contribution in [0.15, 0.2) is 109 Å². The molecular formula is C38H42N2O4. The highest BCUT2D eigenvalue weighted by Crippen LogP contribution is 2.40. The molecule has 1 unspecified atom stereocenters. The molecule has 1 aliphatic rings. The summed E-state index contributed by atoms with van der Waals surface area (Å²) in [6, 6.07) is 34.2. The third kappa shape index (κ3) is 7.74. The Bertz CT molecular complexity index is 1520. The van der Waals surface area contributed by atoms with E-state index in [1.54, 1.807) is 6.07 Å². The molecule has 4 aromatic carbocycles. The van der Waals surface area contributed by atoms with Gasteiger partial charge in [0.25, 0.3) is 0 Å². The van der Waals surface area contributed by atoms with E-state index in [0.717, 1.165) is 40.8 Å². The summed E-state index contributed by atoms with van der Waals surface area (Å²) in [6.07, 6.45) is 1.70. The molecule has 4 aromatic rings. The average Bonchev–Trinajstić information content (AvgIpc) is 3.03. The second kappa shape index (κ2) is 14.4. The summed E-state index contributed by atoms with van der Waals surface area (Å²) in [5.41, 5.74) is 5.06. The second-order valence-corrected chi connectivity index (χ2v) is 12.2. The first kappa shape index (κ1) is 31.0. The van der Waals surface area contributed by atoms with Gasteiger partial charge in [0.05, 0.1) is 5.92 Å². The van der Waals surface area contributed by atoms with Crippen LogP contribution in [0.4, 0.5) is 0 Å². The van der Waals surface area contributed by atoms with Crippen molar-refractivity contribution in [2.75, 3.05) is 13.1 Å². The number of carbonyl (C=O) groups excluding carboxylic acids is 1. The standard InChI is InChI=1S/C38H42N2O4/c1-26-20-21-40(36(27(26)2)32-14-9-15-34(41)24-32)25-33(22-28-10-5-3-6-11-28)37(42)39-35(38(43)44)23-29-16-18-31(19-17-29)30-12-7-4-8-13-30/h3-19,24,26-27,33,35-36,41H,20-23,25H2,1-2H3,(H,39,42)(H,43,44)/t26-,27-,33+,35+,36?/m1/s1. The van der Waals surface area contributed by atoms with Gasteiger partial charge in [-0.3, -0.25) is 9.69 Å². The lowest BCUT2D eigenvalue weighted by Gasteiger charge is -2.45. The van der Waals surface area contributed by atoms with E-state index >= 15 is 0 Å². The van der Waals surface area contributed by atoms with Gasteiger partial charge in [0.15, 0.2) is 0 Å². The number of amides is 1. The van der Waals surface area contributed by atoms with Gasteiger partial charge < -0.3 is 15.5 Å². The number of phenolic OH excluding ortho intramolecular Hbond substituents is 1. The van der Waals surface area contributed by atoms with Crippen molar-refractivity contribution in [2.45, 2.75) is 45.2 Å². The lowest BCUT2D eigenvalue weighted by Crippen LogP contribution is -2.50. The van der Waals surface area contributed by atoms with E-state index in [2.05, 4.69) is 24.1 Å². The fourth-order valence-corrected chi connectivity index (χ4v) is 6.45. The van der Waals surface area contributed by atoms with Gasteiger partial charge >= 0.3 is 5.97 Å². The van der Waals surface area contributed by atoms with Crippen molar-refractivity contribution in [2.24, 2.45) is 17.8 Å². The minimum absolute atomic E-state index is 0.0373. The summed E-state index contributed by atoms with van der Waals surface area (Å²) in [7, 11) is 0. The first-order valence-corrected chi connectivity index (χ1v) is 15.5. The highest BCUT2D eigenvalue weighted by atomic mass is 16.4. The molecule has 1 aliphatic heterocycles. The molecule has 44 heavy (non-hydrogen) atoms. The maximum atomic E-state index is 14.0. The van der Waals surface area contributed by atoms with Crippen molar-refractivity contribution in [1.82, 2.24) is 10.2 Å². The molecule has 0 saturated carbocycles. The van der Waals surface area contributed by atoms with E-state index in [1.165, 1.54) is 0 Å². The molecule has 5 rings (SSSR count). The predicted octanol–water partition coefficient (Wildman–Crippen LogP) is 6.75. The number of piperidine rings is 1. The van der Waals surface area contributed by atoms with E-state index in [9.17, 15) is 19.8 Å². The number of likely N-dealkylation sites (tertiary alicyclic amines) is 1. The Balaban J connectivity index is 1.36. The van der Waals surface area contributed by atoms with Crippen molar-refractivity contribution in [1.29, 1.82) is 0 Å². The monoisotopic (exact) mass is 590 g/mol. The molecule has 228 valence electrons. The summed E-state index contributed by atoms with van der Waals surface area (Å²) in [4.78, 5) is 28.7. The van der Waals surface area contributed by atoms with Crippen LogP contribution in [0.25, 0.3) is 11.1 Å². The van der Waals surface area contributed by atoms with E-state index in [1.807, 2.05) is 103 Å². The van der Waals surface area contributed by atoms with Crippen molar-refractivity contribution in [3.05, 3.63) is 126 Å². The third-order valence-corrected chi connectivity index (χ3v) is 9.14. The number of carboxylic acid groups (broad SMARTS) is 1. The minimum Gasteiger partial charge on any atom is -0.508 e. The zero-order valence-corrected chi connectivity index (χ0v) is 25.5. The number of rotatable bonds is 11. The van der Waals surface area contributed by atoms with E-state index in [-0.39, 0.29) is 24.1 Å². The first-order valence-electron chi connectivity index (χ1n) is 15.5. The smallest absolute Gasteiger partial charge is 0.326 e. The van der Waals surface area contributed by atoms with Crippen molar-refractivity contribution < 1.29 is 19.8 Å². The van der Waals surface area contributed by atoms with Crippen LogP contribution < -0.4 is 5.32 Å². The number of carbonyl (C=O) groups is 2. The van der Waals surface area contributed by atoms with Crippen LogP contribution in [-0.4, -0.2) is 46.1 Å². The molecule has 0 radical (unpaired) electrons. The highest BCUT2D eigenvalue weighted by molar-refractivity contribution is 5.85. The zero-order chi connectivity index (χ0) is 31.1. The summed E-state index contributed by atoms with van der Waals surface area (Å²) in [6.45, 7) is 5.80. The van der Waals surface area contributed by atoms with Crippen LogP contribution in [0, 0.1) is 17.8 Å². The number of aromatic hydroxyl groups is 1. The van der Waals surface area contributed by atoms with E-state index in [0.29, 0.717) is 24.8 Å². The molecule has 5 atom stereocenters. The summed E-state index contributed by atoms with van der Waals surface area (Å²) >= 11 is 0. The van der Waals surface area contributed by atoms with Gasteiger partial charge in [0.1, 0.15) is 11.8 Å². The SMILES string of the molecule is C[C@@H]1CCN(C[C@H](Cc2ccccc2)C(=O)N[C@@H](Cc2ccc(-c3ccccc3)cc2)C(=O)O)C(c2cccc(O)c2)[C@@H]1C. The minimum atomic E-state index is -1.05. The van der Waals surface area contributed by atoms with Crippen molar-refractivity contribution >= 4 is 11.9 Å². The first-order chi connectivity index (χ1) is 21.3. The van der Waals surface area contributed by atoms with Crippen molar-refractivity contribution in [3.8, 4) is 16.9 Å². The predicted molar refractivity (Wildman–Crippen MR) is 174 cm³/mol. The average molecular weight is 591 g/mol. The number of hydrogen-bond acceptors (Lipinski definition) is 4. The molecule has 6 heteroatoms. The fourth-order valence-electron chi connectivity index (χ4n) is 6.45. The Morgan fingerprint density at radius 1 is 0.818 bits per heavy atom. The van der Waals surface area contributed by atoms with Crippen LogP contribution in [0.3, 0.4) is 0 Å². The van der Waals surface area contributed by atoms with Gasteiger partial charge in [-0.25, -0.2) is 4.79 Å². The Kier molecular flexibility index (Phi) is 10.1. The molecule has 1 amide bonds. The lowest BCUT2D eigenvalue weighted by atomic mass is 9.78. The van der Waals surface area contributed by atoms with E-state index < -0.39 is 17.9 Å². The Morgan fingerprint density at radius 2 is 1.45 bits per heavy atom. The number of phenols is 1. The molecule has 0 aromatic heterocycles. The Labute approximate surface area is 260 Å². The van der Waals surface area contributed by atoms with E-state index in [4.69, 9.17) is 0 Å². The molecular weight excluding hydrogens is 548 g/mol. The van der Waals surface area contributed by atoms with Gasteiger partial charge in [-0.2, -0.15) is 0 Å². The molecule has 0 spiro atoms. The summed E-state index contributed by atoms with van der Waals surface area (Å²) in [5, 5.41) is 23.3. The Hall–Kier alpha value is -4.42. The van der Waals surface area contributed by atoms with Crippen LogP contribution in [0.2, 0.25) is 0 Å². The third-order valence-electron chi connectivity index (χ3n) is 9.14. The van der Waals surface area contributed by atoms with Gasteiger partial charge in [-0.15, -0.1) is 0 Å². The van der Waals surface area contributed by atoms with Gasteiger partial charge in [-0.05, 0) is 71.2 Å². The van der Waals surface area contributed by atoms with Crippen LogP contribution in [0.5, 0.6) is 5.75 Å². The number of benzene rings is 4.